The van der Waals surface area contributed by atoms with Crippen molar-refractivity contribution in [2.45, 2.75) is 193 Å². The van der Waals surface area contributed by atoms with Crippen LogP contribution in [-0.2, 0) is 51.1 Å². The number of Topliss-reactive ketones (excluding diaryl/α,β-unsaturated/α-hetero) is 1. The lowest BCUT2D eigenvalue weighted by Crippen LogP contribution is -2.33. The van der Waals surface area contributed by atoms with Crippen molar-refractivity contribution in [2.24, 2.45) is 0 Å². The first-order chi connectivity index (χ1) is 33.4. The van der Waals surface area contributed by atoms with Crippen molar-refractivity contribution >= 4 is 5.78 Å². The van der Waals surface area contributed by atoms with Gasteiger partial charge in [-0.05, 0) is 104 Å². The van der Waals surface area contributed by atoms with Gasteiger partial charge in [0.25, 0.3) is 0 Å². The largest absolute Gasteiger partial charge is 0.493 e. The van der Waals surface area contributed by atoms with Crippen LogP contribution >= 0.6 is 0 Å². The summed E-state index contributed by atoms with van der Waals surface area (Å²) in [6, 6.07) is 16.0. The number of rotatable bonds is 15. The summed E-state index contributed by atoms with van der Waals surface area (Å²) in [6.45, 7) is 24.6. The molecule has 0 aromatic heterocycles. The van der Waals surface area contributed by atoms with Crippen molar-refractivity contribution in [3.63, 3.8) is 0 Å². The molecule has 0 heterocycles. The van der Waals surface area contributed by atoms with E-state index in [-0.39, 0.29) is 82.2 Å². The summed E-state index contributed by atoms with van der Waals surface area (Å²) in [4.78, 5) is 12.8. The third-order valence-corrected chi connectivity index (χ3v) is 13.8. The molecule has 73 heavy (non-hydrogen) atoms. The van der Waals surface area contributed by atoms with Crippen LogP contribution in [0.25, 0.3) is 0 Å². The van der Waals surface area contributed by atoms with E-state index >= 15 is 0 Å². The van der Waals surface area contributed by atoms with Gasteiger partial charge in [0.1, 0.15) is 29.6 Å². The minimum absolute atomic E-state index is 0.122. The SMILES string of the molecule is CC(=O)COc1c2cc(C(C)(C)C)cc1Cc1cc(C(C)(C)C)cc(c1OCCCC(F)(F)F)C1(Cc3cc(C(C)(C)C)cc1c3OCCCC(F)(F)F)c1cc(C(C)(C)C)cc(c1OCCCC(F)(F)F)C2. The highest BCUT2D eigenvalue weighted by atomic mass is 19.4. The Labute approximate surface area is 425 Å². The molecule has 0 N–H and O–H groups in total. The Morgan fingerprint density at radius 1 is 0.425 bits per heavy atom. The van der Waals surface area contributed by atoms with E-state index in [1.165, 1.54) is 6.92 Å². The van der Waals surface area contributed by atoms with Gasteiger partial charge in [-0.1, -0.05) is 132 Å². The molecule has 0 atom stereocenters. The predicted octanol–water partition coefficient (Wildman–Crippen LogP) is 16.4. The molecule has 5 nitrogen and oxygen atoms in total. The van der Waals surface area contributed by atoms with E-state index in [4.69, 9.17) is 18.9 Å². The van der Waals surface area contributed by atoms with E-state index in [0.29, 0.717) is 56.0 Å². The van der Waals surface area contributed by atoms with Gasteiger partial charge in [-0.3, -0.25) is 4.79 Å². The third-order valence-electron chi connectivity index (χ3n) is 13.8. The highest BCUT2D eigenvalue weighted by molar-refractivity contribution is 5.77. The molecule has 0 radical (unpaired) electrons. The molecule has 0 unspecified atom stereocenters. The molecule has 0 saturated heterocycles. The minimum atomic E-state index is -4.48. The average molecular weight is 1030 g/mol. The van der Waals surface area contributed by atoms with Crippen molar-refractivity contribution in [1.82, 2.24) is 0 Å². The van der Waals surface area contributed by atoms with Crippen LogP contribution in [0.1, 0.15) is 195 Å². The van der Waals surface area contributed by atoms with E-state index in [1.54, 1.807) is 0 Å². The number of carbonyl (C=O) groups excluding carboxylic acids is 1. The summed E-state index contributed by atoms with van der Waals surface area (Å²) >= 11 is 0. The molecule has 4 aromatic carbocycles. The maximum absolute atomic E-state index is 13.9. The number of ketones is 1. The number of carbonyl (C=O) groups is 1. The number of halogens is 9. The molecule has 0 saturated carbocycles. The zero-order chi connectivity index (χ0) is 54.5. The molecular formula is C59H73F9O5. The van der Waals surface area contributed by atoms with Gasteiger partial charge in [-0.15, -0.1) is 0 Å². The van der Waals surface area contributed by atoms with Crippen molar-refractivity contribution in [2.75, 3.05) is 26.4 Å². The lowest BCUT2D eigenvalue weighted by molar-refractivity contribution is -0.137. The Bertz CT molecular complexity index is 2530. The lowest BCUT2D eigenvalue weighted by Gasteiger charge is -2.39. The molecule has 8 bridgehead atoms. The van der Waals surface area contributed by atoms with E-state index < -0.39 is 64.9 Å². The zero-order valence-electron chi connectivity index (χ0n) is 44.8. The maximum atomic E-state index is 13.9. The first kappa shape index (κ1) is 57.4. The van der Waals surface area contributed by atoms with Crippen LogP contribution in [0.4, 0.5) is 39.5 Å². The van der Waals surface area contributed by atoms with Crippen molar-refractivity contribution in [1.29, 1.82) is 0 Å². The molecule has 2 aliphatic rings. The zero-order valence-corrected chi connectivity index (χ0v) is 44.8. The summed E-state index contributed by atoms with van der Waals surface area (Å²) < 4.78 is 151. The van der Waals surface area contributed by atoms with Crippen LogP contribution in [0.3, 0.4) is 0 Å². The van der Waals surface area contributed by atoms with Crippen LogP contribution in [0.15, 0.2) is 48.5 Å². The summed E-state index contributed by atoms with van der Waals surface area (Å²) in [7, 11) is 0. The smallest absolute Gasteiger partial charge is 0.389 e. The minimum Gasteiger partial charge on any atom is -0.493 e. The molecule has 402 valence electrons. The Hall–Kier alpha value is -4.88. The predicted molar refractivity (Wildman–Crippen MR) is 268 cm³/mol. The second kappa shape index (κ2) is 20.7. The van der Waals surface area contributed by atoms with Gasteiger partial charge in [-0.2, -0.15) is 39.5 Å². The fourth-order valence-electron chi connectivity index (χ4n) is 9.79. The first-order valence-corrected chi connectivity index (χ1v) is 25.3. The number of alkyl halides is 9. The van der Waals surface area contributed by atoms with E-state index in [2.05, 4.69) is 20.8 Å². The number of hydrogen-bond donors (Lipinski definition) is 0. The Balaban J connectivity index is 1.88. The van der Waals surface area contributed by atoms with E-state index in [1.807, 2.05) is 111 Å². The number of benzene rings is 4. The molecule has 4 aromatic rings. The molecule has 2 aliphatic carbocycles. The molecule has 0 fully saturated rings. The van der Waals surface area contributed by atoms with Crippen LogP contribution in [0, 0.1) is 0 Å². The fraction of sp³-hybridized carbons (Fsp3) is 0.576. The number of hydrogen-bond acceptors (Lipinski definition) is 5. The highest BCUT2D eigenvalue weighted by Crippen LogP contribution is 2.60. The normalized spacial score (nSPS) is 15.0. The van der Waals surface area contributed by atoms with Crippen LogP contribution in [0.2, 0.25) is 0 Å². The van der Waals surface area contributed by atoms with Crippen molar-refractivity contribution in [3.8, 4) is 23.0 Å². The van der Waals surface area contributed by atoms with Crippen LogP contribution in [0.5, 0.6) is 23.0 Å². The molecule has 6 rings (SSSR count). The third kappa shape index (κ3) is 13.9. The Morgan fingerprint density at radius 3 is 0.986 bits per heavy atom. The molecule has 1 spiro atoms. The molecule has 0 aliphatic heterocycles. The molecule has 0 amide bonds. The van der Waals surface area contributed by atoms with Gasteiger partial charge < -0.3 is 18.9 Å². The van der Waals surface area contributed by atoms with Crippen LogP contribution in [-0.4, -0.2) is 50.7 Å². The second-order valence-electron chi connectivity index (χ2n) is 24.3. The summed E-state index contributed by atoms with van der Waals surface area (Å²) in [5.41, 5.74) is 4.73. The molecular weight excluding hydrogens is 960 g/mol. The topological polar surface area (TPSA) is 54.0 Å². The quantitative estimate of drug-likeness (QED) is 0.0877. The number of fused-ring (bicyclic) bond motifs is 11. The van der Waals surface area contributed by atoms with Gasteiger partial charge in [0.15, 0.2) is 5.78 Å². The summed E-state index contributed by atoms with van der Waals surface area (Å²) in [5.74, 6) is 1.05. The van der Waals surface area contributed by atoms with E-state index in [9.17, 15) is 44.3 Å². The van der Waals surface area contributed by atoms with Gasteiger partial charge in [0.05, 0.1) is 25.2 Å². The summed E-state index contributed by atoms with van der Waals surface area (Å²) in [5, 5.41) is 0. The van der Waals surface area contributed by atoms with Crippen LogP contribution < -0.4 is 18.9 Å². The van der Waals surface area contributed by atoms with E-state index in [0.717, 1.165) is 22.3 Å². The lowest BCUT2D eigenvalue weighted by atomic mass is 9.65. The monoisotopic (exact) mass is 1030 g/mol. The Morgan fingerprint density at radius 2 is 0.699 bits per heavy atom. The second-order valence-corrected chi connectivity index (χ2v) is 24.3. The highest BCUT2D eigenvalue weighted by Gasteiger charge is 2.51. The van der Waals surface area contributed by atoms with Gasteiger partial charge >= 0.3 is 18.5 Å². The van der Waals surface area contributed by atoms with Crippen molar-refractivity contribution in [3.05, 3.63) is 115 Å². The van der Waals surface area contributed by atoms with Gasteiger partial charge in [0.2, 0.25) is 0 Å². The van der Waals surface area contributed by atoms with Gasteiger partial charge in [0, 0.05) is 48.8 Å². The first-order valence-electron chi connectivity index (χ1n) is 25.3. The Kier molecular flexibility index (Phi) is 16.3. The average Bonchev–Trinajstić information content (AvgIpc) is 3.39. The standard InChI is InChI=1S/C59H73F9O5/c1-35(69)34-73-48-36-23-38-27-42(53(5,6)7)30-45(49(38)70-20-14-17-57(60,61)62)56(33-40-29-44(55(11,12)13)32-47(56)51(40)72-22-16-19-59(66,67)68)46-31-43(54(8,9)10)28-39(50(46)71-21-15-18-58(63,64)65)24-37(48)26-41(25-36)52(2,3)4/h25-32H,14-24,33-34H2,1-13H3. The molecule has 14 heteroatoms. The fourth-order valence-corrected chi connectivity index (χ4v) is 9.79. The summed E-state index contributed by atoms with van der Waals surface area (Å²) in [6.07, 6.45) is -17.5. The maximum Gasteiger partial charge on any atom is 0.389 e. The number of ether oxygens (including phenoxy) is 4. The van der Waals surface area contributed by atoms with Crippen molar-refractivity contribution < 1.29 is 63.3 Å². The van der Waals surface area contributed by atoms with Gasteiger partial charge in [-0.25, -0.2) is 0 Å².